The van der Waals surface area contributed by atoms with Crippen LogP contribution in [-0.4, -0.2) is 86.7 Å². The van der Waals surface area contributed by atoms with Crippen molar-refractivity contribution in [1.29, 1.82) is 0 Å². The topological polar surface area (TPSA) is 175 Å². The van der Waals surface area contributed by atoms with Gasteiger partial charge in [-0.15, -0.1) is 0 Å². The number of primary amides is 1. The fraction of sp³-hybridized carbons (Fsp3) is 0.625. The molecule has 14 heteroatoms. The van der Waals surface area contributed by atoms with Crippen LogP contribution in [0.3, 0.4) is 0 Å². The van der Waals surface area contributed by atoms with Gasteiger partial charge >= 0.3 is 6.09 Å². The van der Waals surface area contributed by atoms with Crippen molar-refractivity contribution >= 4 is 50.9 Å². The molecule has 1 saturated heterocycles. The van der Waals surface area contributed by atoms with Gasteiger partial charge in [-0.3, -0.25) is 14.4 Å². The molecule has 0 radical (unpaired) electrons. The van der Waals surface area contributed by atoms with Crippen LogP contribution in [0.5, 0.6) is 11.6 Å². The highest BCUT2D eigenvalue weighted by Crippen LogP contribution is 2.54. The second kappa shape index (κ2) is 17.1. The number of methoxy groups -OCH3 is 1. The van der Waals surface area contributed by atoms with Gasteiger partial charge in [-0.1, -0.05) is 50.0 Å². The zero-order chi connectivity index (χ0) is 39.4. The number of carbonyl (C=O) groups is 4. The van der Waals surface area contributed by atoms with E-state index in [-0.39, 0.29) is 58.6 Å². The summed E-state index contributed by atoms with van der Waals surface area (Å²) in [6.07, 6.45) is 10.3. The van der Waals surface area contributed by atoms with Gasteiger partial charge in [0.2, 0.25) is 23.6 Å². The molecule has 296 valence electrons. The van der Waals surface area contributed by atoms with Gasteiger partial charge in [-0.05, 0) is 95.1 Å². The number of ether oxygens (including phenoxy) is 3. The second-order valence-corrected chi connectivity index (χ2v) is 18.4. The van der Waals surface area contributed by atoms with Crippen molar-refractivity contribution in [3.8, 4) is 11.6 Å². The minimum atomic E-state index is -0.967. The van der Waals surface area contributed by atoms with Crippen LogP contribution < -0.4 is 25.2 Å². The predicted octanol–water partition coefficient (Wildman–Crippen LogP) is 5.67. The van der Waals surface area contributed by atoms with E-state index in [1.165, 1.54) is 23.9 Å². The van der Waals surface area contributed by atoms with Gasteiger partial charge in [0.05, 0.1) is 36.3 Å². The van der Waals surface area contributed by atoms with Crippen LogP contribution in [0.15, 0.2) is 36.5 Å². The molecule has 2 saturated carbocycles. The third kappa shape index (κ3) is 10.5. The van der Waals surface area contributed by atoms with Crippen LogP contribution in [-0.2, 0) is 19.1 Å². The van der Waals surface area contributed by atoms with E-state index < -0.39 is 41.7 Å². The summed E-state index contributed by atoms with van der Waals surface area (Å²) >= 11 is 0. The summed E-state index contributed by atoms with van der Waals surface area (Å²) in [5.41, 5.74) is 5.93. The number of allylic oxidation sites excluding steroid dienone is 2. The van der Waals surface area contributed by atoms with Crippen LogP contribution in [0.4, 0.5) is 4.79 Å². The van der Waals surface area contributed by atoms with Crippen molar-refractivity contribution in [3.05, 3.63) is 36.5 Å². The summed E-state index contributed by atoms with van der Waals surface area (Å²) in [6, 6.07) is 3.43. The Labute approximate surface area is 321 Å². The highest BCUT2D eigenvalue weighted by atomic mass is 32.2. The number of carbonyl (C=O) groups excluding carboxylic acids is 4. The van der Waals surface area contributed by atoms with Gasteiger partial charge in [0.1, 0.15) is 29.5 Å². The molecule has 4 amide bonds. The number of rotatable bonds is 16. The second-order valence-electron chi connectivity index (χ2n) is 16.3. The number of likely N-dealkylation sites (tertiary alicyclic amines) is 1. The molecular formula is C40H58N6O7S. The van der Waals surface area contributed by atoms with Gasteiger partial charge in [0.15, 0.2) is 0 Å². The van der Waals surface area contributed by atoms with Gasteiger partial charge in [0, 0.05) is 17.7 Å². The lowest BCUT2D eigenvalue weighted by molar-refractivity contribution is -0.140. The number of nitrogens with two attached hydrogens (primary N) is 1. The Morgan fingerprint density at radius 2 is 1.89 bits per heavy atom. The van der Waals surface area contributed by atoms with Crippen molar-refractivity contribution in [2.24, 2.45) is 28.9 Å². The van der Waals surface area contributed by atoms with E-state index in [0.717, 1.165) is 19.3 Å². The minimum absolute atomic E-state index is 0.0712. The number of aromatic nitrogens is 2. The molecule has 5 rings (SSSR count). The zero-order valence-electron chi connectivity index (χ0n) is 32.9. The molecule has 1 aromatic heterocycles. The van der Waals surface area contributed by atoms with E-state index in [1.807, 2.05) is 13.8 Å². The Bertz CT molecular complexity index is 1770. The largest absolute Gasteiger partial charge is 0.497 e. The smallest absolute Gasteiger partial charge is 0.408 e. The number of alkyl carbamates (subject to hydrolysis) is 1. The number of nitrogens with zero attached hydrogens (tertiary/aromatic N) is 3. The van der Waals surface area contributed by atoms with Crippen molar-refractivity contribution in [3.63, 3.8) is 0 Å². The molecule has 8 atom stereocenters. The number of benzene rings is 1. The van der Waals surface area contributed by atoms with Gasteiger partial charge in [-0.25, -0.2) is 14.8 Å². The Kier molecular flexibility index (Phi) is 13.0. The first-order valence-electron chi connectivity index (χ1n) is 19.1. The summed E-state index contributed by atoms with van der Waals surface area (Å²) in [6.45, 7) is 13.5. The number of hydrogen-bond donors (Lipinski definition) is 3. The molecule has 4 N–H and O–H groups in total. The molecule has 3 aliphatic rings. The van der Waals surface area contributed by atoms with Gasteiger partial charge in [-0.2, -0.15) is 0 Å². The molecule has 2 aliphatic carbocycles. The van der Waals surface area contributed by atoms with E-state index in [1.54, 1.807) is 46.1 Å². The van der Waals surface area contributed by atoms with E-state index in [2.05, 4.69) is 51.4 Å². The average Bonchev–Trinajstić information content (AvgIpc) is 4.03. The third-order valence-electron chi connectivity index (χ3n) is 10.6. The molecule has 0 bridgehead atoms. The zero-order valence-corrected chi connectivity index (χ0v) is 33.7. The highest BCUT2D eigenvalue weighted by Gasteiger charge is 2.55. The fourth-order valence-electron chi connectivity index (χ4n) is 6.95. The maximum Gasteiger partial charge on any atom is 0.408 e. The molecule has 13 nitrogen and oxygen atoms in total. The lowest BCUT2D eigenvalue weighted by atomic mass is 9.92. The van der Waals surface area contributed by atoms with Crippen molar-refractivity contribution < 1.29 is 33.4 Å². The lowest BCUT2D eigenvalue weighted by Gasteiger charge is -2.31. The molecule has 1 aliphatic heterocycles. The standard InChI is InChI=1S/C40H58N6O7S/c1-9-54(29-16-17-29)45-37(49)40(7)21-26(40)14-13-24(2)11-10-12-25(3)34(44-38(50)53-39(4,5)6)36(48)46-23-28(20-32(46)35(41)47)52-33-22-42-30-18-15-27(51-8)19-31(30)43-33/h9,13-15,18-19,22,24-26,28-29,32,34H,10-12,16-17,20-21,23H2,1-8H3,(H2,41,47)(H,44,50)(H,45,49)/b14-13-/t24-,25-,26-,28-,32+,34+,40+,54?/m1/s1. The predicted molar refractivity (Wildman–Crippen MR) is 211 cm³/mol. The first-order chi connectivity index (χ1) is 25.5. The Hall–Kier alpha value is -4.20. The van der Waals surface area contributed by atoms with Gasteiger partial charge in [0.25, 0.3) is 0 Å². The molecule has 1 aromatic carbocycles. The highest BCUT2D eigenvalue weighted by molar-refractivity contribution is 8.14. The number of fused-ring (bicyclic) bond motifs is 1. The van der Waals surface area contributed by atoms with E-state index in [0.29, 0.717) is 28.5 Å². The van der Waals surface area contributed by atoms with Crippen molar-refractivity contribution in [2.45, 2.75) is 122 Å². The third-order valence-corrected chi connectivity index (χ3v) is 12.7. The first-order valence-corrected chi connectivity index (χ1v) is 20.4. The van der Waals surface area contributed by atoms with Crippen molar-refractivity contribution in [2.75, 3.05) is 13.7 Å². The Morgan fingerprint density at radius 3 is 2.54 bits per heavy atom. The minimum Gasteiger partial charge on any atom is -0.497 e. The number of hydrogen-bond acceptors (Lipinski definition) is 9. The summed E-state index contributed by atoms with van der Waals surface area (Å²) in [7, 11) is 1.44. The molecule has 0 spiro atoms. The van der Waals surface area contributed by atoms with Gasteiger partial charge < -0.3 is 34.9 Å². The van der Waals surface area contributed by atoms with E-state index in [9.17, 15) is 19.2 Å². The summed E-state index contributed by atoms with van der Waals surface area (Å²) in [4.78, 5) is 63.4. The summed E-state index contributed by atoms with van der Waals surface area (Å²) < 4.78 is 20.3. The van der Waals surface area contributed by atoms with E-state index in [4.69, 9.17) is 19.9 Å². The normalized spacial score (nSPS) is 24.8. The molecule has 54 heavy (non-hydrogen) atoms. The number of nitrogens with one attached hydrogen (secondary N) is 2. The SMILES string of the molecule is C/C=S(/NC(=O)[C@@]1(C)C[C@H]1/C=C\[C@H](C)CCC[C@@H](C)[C@H](NC(=O)OC(C)(C)C)C(=O)N1C[C@H](Oc2cnc3ccc(OC)cc3n2)C[C@H]1C(N)=O)C1CC1. The first kappa shape index (κ1) is 41.0. The maximum atomic E-state index is 14.3. The fourth-order valence-corrected chi connectivity index (χ4v) is 8.71. The molecule has 3 fully saturated rings. The Morgan fingerprint density at radius 1 is 1.15 bits per heavy atom. The summed E-state index contributed by atoms with van der Waals surface area (Å²) in [5.74, 6) is 0.123. The number of amides is 4. The molecule has 2 aromatic rings. The van der Waals surface area contributed by atoms with Crippen LogP contribution in [0.2, 0.25) is 0 Å². The lowest BCUT2D eigenvalue weighted by Crippen LogP contribution is -2.55. The summed E-state index contributed by atoms with van der Waals surface area (Å²) in [5, 5.41) is 5.55. The maximum absolute atomic E-state index is 14.3. The van der Waals surface area contributed by atoms with Crippen LogP contribution >= 0.6 is 10.7 Å². The average molecular weight is 767 g/mol. The molecule has 1 unspecified atom stereocenters. The molecular weight excluding hydrogens is 709 g/mol. The molecule has 2 heterocycles. The Balaban J connectivity index is 1.20. The van der Waals surface area contributed by atoms with Crippen LogP contribution in [0, 0.1) is 23.2 Å². The van der Waals surface area contributed by atoms with E-state index >= 15 is 0 Å². The monoisotopic (exact) mass is 766 g/mol. The van der Waals surface area contributed by atoms with Crippen molar-refractivity contribution in [1.82, 2.24) is 24.9 Å². The quantitative estimate of drug-likeness (QED) is 0.144. The van der Waals surface area contributed by atoms with Crippen LogP contribution in [0.25, 0.3) is 11.0 Å². The van der Waals surface area contributed by atoms with Crippen LogP contribution in [0.1, 0.15) is 93.4 Å².